The van der Waals surface area contributed by atoms with Gasteiger partial charge in [0, 0.05) is 25.1 Å². The van der Waals surface area contributed by atoms with Crippen molar-refractivity contribution >= 4 is 33.5 Å². The SMILES string of the molecule is Cc1ccc(C=CC(=O)N2CCC(c3nc4ccccc4s3)CC2)cc1. The predicted octanol–water partition coefficient (Wildman–Crippen LogP) is 5.02. The van der Waals surface area contributed by atoms with E-state index in [1.165, 1.54) is 15.3 Å². The number of nitrogens with zero attached hydrogens (tertiary/aromatic N) is 2. The first-order valence-corrected chi connectivity index (χ1v) is 9.90. The van der Waals surface area contributed by atoms with Crippen molar-refractivity contribution in [3.8, 4) is 0 Å². The first-order chi connectivity index (χ1) is 12.7. The summed E-state index contributed by atoms with van der Waals surface area (Å²) < 4.78 is 1.25. The van der Waals surface area contributed by atoms with E-state index in [4.69, 9.17) is 4.98 Å². The molecule has 0 saturated carbocycles. The smallest absolute Gasteiger partial charge is 0.246 e. The molecule has 3 nitrogen and oxygen atoms in total. The molecule has 2 heterocycles. The monoisotopic (exact) mass is 362 g/mol. The number of amides is 1. The summed E-state index contributed by atoms with van der Waals surface area (Å²) in [5.74, 6) is 0.575. The first kappa shape index (κ1) is 17.0. The van der Waals surface area contributed by atoms with Crippen LogP contribution in [0.1, 0.15) is 34.9 Å². The standard InChI is InChI=1S/C22H22N2OS/c1-16-6-8-17(9-7-16)10-11-21(25)24-14-12-18(13-15-24)22-23-19-4-2-3-5-20(19)26-22/h2-11,18H,12-15H2,1H3. The van der Waals surface area contributed by atoms with Crippen molar-refractivity contribution in [1.29, 1.82) is 0 Å². The normalized spacial score (nSPS) is 15.8. The maximum Gasteiger partial charge on any atom is 0.246 e. The molecular formula is C22H22N2OS. The van der Waals surface area contributed by atoms with Gasteiger partial charge in [-0.25, -0.2) is 4.98 Å². The highest BCUT2D eigenvalue weighted by molar-refractivity contribution is 7.18. The van der Waals surface area contributed by atoms with E-state index in [-0.39, 0.29) is 5.91 Å². The highest BCUT2D eigenvalue weighted by atomic mass is 32.1. The van der Waals surface area contributed by atoms with Crippen LogP contribution in [0.5, 0.6) is 0 Å². The Morgan fingerprint density at radius 3 is 2.58 bits per heavy atom. The summed E-state index contributed by atoms with van der Waals surface area (Å²) in [6.07, 6.45) is 5.58. The van der Waals surface area contributed by atoms with E-state index in [0.29, 0.717) is 5.92 Å². The topological polar surface area (TPSA) is 33.2 Å². The van der Waals surface area contributed by atoms with Gasteiger partial charge in [0.2, 0.25) is 5.91 Å². The number of para-hydroxylation sites is 1. The van der Waals surface area contributed by atoms with Gasteiger partial charge in [0.25, 0.3) is 0 Å². The number of hydrogen-bond acceptors (Lipinski definition) is 3. The summed E-state index contributed by atoms with van der Waals surface area (Å²) in [6.45, 7) is 3.67. The minimum Gasteiger partial charge on any atom is -0.339 e. The second kappa shape index (κ2) is 7.42. The number of rotatable bonds is 3. The van der Waals surface area contributed by atoms with E-state index in [9.17, 15) is 4.79 Å². The zero-order chi connectivity index (χ0) is 17.9. The number of benzene rings is 2. The van der Waals surface area contributed by atoms with Crippen molar-refractivity contribution in [2.24, 2.45) is 0 Å². The first-order valence-electron chi connectivity index (χ1n) is 9.08. The lowest BCUT2D eigenvalue weighted by molar-refractivity contribution is -0.126. The second-order valence-electron chi connectivity index (χ2n) is 6.86. The van der Waals surface area contributed by atoms with Gasteiger partial charge in [-0.3, -0.25) is 4.79 Å². The molecule has 4 heteroatoms. The summed E-state index contributed by atoms with van der Waals surface area (Å²) in [6, 6.07) is 16.5. The largest absolute Gasteiger partial charge is 0.339 e. The fourth-order valence-corrected chi connectivity index (χ4v) is 4.50. The number of likely N-dealkylation sites (tertiary alicyclic amines) is 1. The van der Waals surface area contributed by atoms with Crippen molar-refractivity contribution < 1.29 is 4.79 Å². The molecule has 0 bridgehead atoms. The van der Waals surface area contributed by atoms with E-state index >= 15 is 0 Å². The zero-order valence-electron chi connectivity index (χ0n) is 14.9. The molecule has 1 aliphatic heterocycles. The minimum absolute atomic E-state index is 0.105. The molecule has 0 unspecified atom stereocenters. The molecule has 3 aromatic rings. The van der Waals surface area contributed by atoms with Crippen LogP contribution in [0.2, 0.25) is 0 Å². The predicted molar refractivity (Wildman–Crippen MR) is 108 cm³/mol. The molecule has 26 heavy (non-hydrogen) atoms. The molecule has 1 aliphatic rings. The maximum atomic E-state index is 12.4. The number of thiazole rings is 1. The van der Waals surface area contributed by atoms with Gasteiger partial charge in [-0.05, 0) is 43.5 Å². The molecule has 0 spiro atoms. The lowest BCUT2D eigenvalue weighted by atomic mass is 9.97. The van der Waals surface area contributed by atoms with Crippen LogP contribution in [0.15, 0.2) is 54.6 Å². The number of aryl methyl sites for hydroxylation is 1. The van der Waals surface area contributed by atoms with Gasteiger partial charge in [0.15, 0.2) is 0 Å². The average molecular weight is 362 g/mol. The van der Waals surface area contributed by atoms with Crippen LogP contribution in [0.4, 0.5) is 0 Å². The van der Waals surface area contributed by atoms with Crippen LogP contribution in [0, 0.1) is 6.92 Å². The molecule has 0 atom stereocenters. The molecule has 4 rings (SSSR count). The molecule has 1 saturated heterocycles. The molecule has 1 fully saturated rings. The quantitative estimate of drug-likeness (QED) is 0.613. The Morgan fingerprint density at radius 1 is 1.12 bits per heavy atom. The van der Waals surface area contributed by atoms with E-state index in [2.05, 4.69) is 37.3 Å². The fourth-order valence-electron chi connectivity index (χ4n) is 3.36. The highest BCUT2D eigenvalue weighted by Crippen LogP contribution is 2.33. The Morgan fingerprint density at radius 2 is 1.85 bits per heavy atom. The second-order valence-corrected chi connectivity index (χ2v) is 7.93. The van der Waals surface area contributed by atoms with Crippen molar-refractivity contribution in [1.82, 2.24) is 9.88 Å². The molecule has 132 valence electrons. The third kappa shape index (κ3) is 3.70. The molecule has 1 amide bonds. The number of carbonyl (C=O) groups excluding carboxylic acids is 1. The van der Waals surface area contributed by atoms with Crippen LogP contribution in [0.3, 0.4) is 0 Å². The summed E-state index contributed by atoms with van der Waals surface area (Å²) in [7, 11) is 0. The van der Waals surface area contributed by atoms with Crippen LogP contribution in [-0.2, 0) is 4.79 Å². The molecule has 0 aliphatic carbocycles. The summed E-state index contributed by atoms with van der Waals surface area (Å²) in [4.78, 5) is 19.2. The van der Waals surface area contributed by atoms with E-state index in [1.807, 2.05) is 29.2 Å². The van der Waals surface area contributed by atoms with Crippen LogP contribution in [-0.4, -0.2) is 28.9 Å². The fraction of sp³-hybridized carbons (Fsp3) is 0.273. The number of aromatic nitrogens is 1. The van der Waals surface area contributed by atoms with Crippen molar-refractivity contribution in [2.75, 3.05) is 13.1 Å². The molecule has 1 aromatic heterocycles. The maximum absolute atomic E-state index is 12.4. The summed E-state index contributed by atoms with van der Waals surface area (Å²) >= 11 is 1.79. The van der Waals surface area contributed by atoms with Crippen molar-refractivity contribution in [2.45, 2.75) is 25.7 Å². The van der Waals surface area contributed by atoms with Crippen LogP contribution < -0.4 is 0 Å². The van der Waals surface area contributed by atoms with Crippen LogP contribution in [0.25, 0.3) is 16.3 Å². The van der Waals surface area contributed by atoms with Gasteiger partial charge in [-0.15, -0.1) is 11.3 Å². The van der Waals surface area contributed by atoms with Crippen molar-refractivity contribution in [3.05, 3.63) is 70.7 Å². The van der Waals surface area contributed by atoms with Gasteiger partial charge in [0.1, 0.15) is 0 Å². The van der Waals surface area contributed by atoms with E-state index in [1.54, 1.807) is 17.4 Å². The molecule has 0 N–H and O–H groups in total. The van der Waals surface area contributed by atoms with Gasteiger partial charge in [-0.1, -0.05) is 42.0 Å². The Labute approximate surface area is 158 Å². The number of piperidine rings is 1. The Hall–Kier alpha value is -2.46. The number of carbonyl (C=O) groups is 1. The van der Waals surface area contributed by atoms with Crippen LogP contribution >= 0.6 is 11.3 Å². The number of fused-ring (bicyclic) bond motifs is 1. The van der Waals surface area contributed by atoms with Crippen molar-refractivity contribution in [3.63, 3.8) is 0 Å². The Bertz CT molecular complexity index is 901. The lowest BCUT2D eigenvalue weighted by Crippen LogP contribution is -2.36. The average Bonchev–Trinajstić information content (AvgIpc) is 3.12. The van der Waals surface area contributed by atoms with Gasteiger partial charge in [0.05, 0.1) is 15.2 Å². The Balaban J connectivity index is 1.36. The van der Waals surface area contributed by atoms with Gasteiger partial charge in [-0.2, -0.15) is 0 Å². The number of hydrogen-bond donors (Lipinski definition) is 0. The Kier molecular flexibility index (Phi) is 4.85. The van der Waals surface area contributed by atoms with Gasteiger partial charge < -0.3 is 4.90 Å². The summed E-state index contributed by atoms with van der Waals surface area (Å²) in [5.41, 5.74) is 3.38. The third-order valence-electron chi connectivity index (χ3n) is 4.96. The van der Waals surface area contributed by atoms with E-state index < -0.39 is 0 Å². The lowest BCUT2D eigenvalue weighted by Gasteiger charge is -2.30. The minimum atomic E-state index is 0.105. The van der Waals surface area contributed by atoms with E-state index in [0.717, 1.165) is 37.0 Å². The summed E-state index contributed by atoms with van der Waals surface area (Å²) in [5, 5.41) is 1.22. The van der Waals surface area contributed by atoms with Gasteiger partial charge >= 0.3 is 0 Å². The molecule has 2 aromatic carbocycles. The zero-order valence-corrected chi connectivity index (χ0v) is 15.7. The third-order valence-corrected chi connectivity index (χ3v) is 6.16. The molecular weight excluding hydrogens is 340 g/mol. The highest BCUT2D eigenvalue weighted by Gasteiger charge is 2.24. The molecule has 0 radical (unpaired) electrons.